The quantitative estimate of drug-likeness (QED) is 0.344. The molecule has 0 aromatic carbocycles. The van der Waals surface area contributed by atoms with Crippen molar-refractivity contribution in [3.05, 3.63) is 32.9 Å². The van der Waals surface area contributed by atoms with Gasteiger partial charge in [-0.1, -0.05) is 0 Å². The van der Waals surface area contributed by atoms with Crippen molar-refractivity contribution in [3.63, 3.8) is 0 Å². The molecule has 2 rings (SSSR count). The first kappa shape index (κ1) is 10.9. The van der Waals surface area contributed by atoms with Crippen LogP contribution in [0.15, 0.2) is 17.2 Å². The Kier molecular flexibility index (Phi) is 2.87. The van der Waals surface area contributed by atoms with E-state index in [2.05, 4.69) is 30.8 Å². The molecule has 88 valence electrons. The van der Waals surface area contributed by atoms with Gasteiger partial charge in [0.05, 0.1) is 0 Å². The Balaban J connectivity index is 2.25. The van der Waals surface area contributed by atoms with Crippen LogP contribution in [-0.4, -0.2) is 31.5 Å². The molecule has 0 aliphatic carbocycles. The fourth-order valence-electron chi connectivity index (χ4n) is 1.12. The first-order chi connectivity index (χ1) is 8.16. The highest BCUT2D eigenvalue weighted by Crippen LogP contribution is 2.00. The number of anilines is 1. The van der Waals surface area contributed by atoms with E-state index in [9.17, 15) is 14.9 Å². The molecule has 0 saturated heterocycles. The molecule has 10 nitrogen and oxygen atoms in total. The van der Waals surface area contributed by atoms with Gasteiger partial charge in [-0.3, -0.25) is 25.3 Å². The highest BCUT2D eigenvalue weighted by molar-refractivity contribution is 5.68. The molecule has 0 radical (unpaired) electrons. The zero-order valence-corrected chi connectivity index (χ0v) is 8.38. The monoisotopic (exact) mass is 237 g/mol. The SMILES string of the molecule is O=c1[nH]c(NNC[N+](=O)[O-])nc2nccnc12. The molecule has 17 heavy (non-hydrogen) atoms. The van der Waals surface area contributed by atoms with E-state index in [4.69, 9.17) is 0 Å². The van der Waals surface area contributed by atoms with E-state index in [1.54, 1.807) is 0 Å². The minimum atomic E-state index is -0.577. The van der Waals surface area contributed by atoms with Crippen molar-refractivity contribution in [2.45, 2.75) is 0 Å². The summed E-state index contributed by atoms with van der Waals surface area (Å²) in [6.45, 7) is -0.512. The molecular weight excluding hydrogens is 230 g/mol. The lowest BCUT2D eigenvalue weighted by Gasteiger charge is -2.03. The Bertz CT molecular complexity index is 610. The summed E-state index contributed by atoms with van der Waals surface area (Å²) in [4.78, 5) is 34.9. The van der Waals surface area contributed by atoms with Crippen molar-refractivity contribution in [2.24, 2.45) is 0 Å². The van der Waals surface area contributed by atoms with Crippen molar-refractivity contribution in [3.8, 4) is 0 Å². The van der Waals surface area contributed by atoms with Crippen LogP contribution in [0.5, 0.6) is 0 Å². The van der Waals surface area contributed by atoms with Gasteiger partial charge in [0.1, 0.15) is 0 Å². The minimum absolute atomic E-state index is 0.0323. The number of nitro groups is 1. The predicted molar refractivity (Wildman–Crippen MR) is 56.6 cm³/mol. The number of hydrogen-bond acceptors (Lipinski definition) is 8. The fraction of sp³-hybridized carbons (Fsp3) is 0.143. The molecule has 0 spiro atoms. The van der Waals surface area contributed by atoms with Gasteiger partial charge in [0.15, 0.2) is 11.2 Å². The zero-order chi connectivity index (χ0) is 12.3. The summed E-state index contributed by atoms with van der Waals surface area (Å²) in [7, 11) is 0. The number of hydrazine groups is 1. The Morgan fingerprint density at radius 2 is 2.18 bits per heavy atom. The first-order valence-electron chi connectivity index (χ1n) is 4.48. The average Bonchev–Trinajstić information content (AvgIpc) is 2.28. The first-order valence-corrected chi connectivity index (χ1v) is 4.48. The van der Waals surface area contributed by atoms with Crippen molar-refractivity contribution in [1.82, 2.24) is 25.4 Å². The van der Waals surface area contributed by atoms with Gasteiger partial charge in [-0.2, -0.15) is 10.4 Å². The molecule has 0 bridgehead atoms. The largest absolute Gasteiger partial charge is 0.290 e. The second-order valence-corrected chi connectivity index (χ2v) is 2.94. The van der Waals surface area contributed by atoms with E-state index < -0.39 is 17.2 Å². The molecule has 0 fully saturated rings. The molecule has 0 saturated carbocycles. The maximum Gasteiger partial charge on any atom is 0.280 e. The number of H-pyrrole nitrogens is 1. The van der Waals surface area contributed by atoms with Crippen LogP contribution in [-0.2, 0) is 0 Å². The summed E-state index contributed by atoms with van der Waals surface area (Å²) in [6.07, 6.45) is 2.76. The summed E-state index contributed by atoms with van der Waals surface area (Å²) in [5, 5.41) is 10.1. The maximum absolute atomic E-state index is 11.5. The third-order valence-corrected chi connectivity index (χ3v) is 1.76. The van der Waals surface area contributed by atoms with Crippen LogP contribution in [0, 0.1) is 10.1 Å². The number of hydrogen-bond donors (Lipinski definition) is 3. The summed E-state index contributed by atoms with van der Waals surface area (Å²) < 4.78 is 0. The molecular formula is C7H7N7O3. The lowest BCUT2D eigenvalue weighted by molar-refractivity contribution is -0.484. The lowest BCUT2D eigenvalue weighted by Crippen LogP contribution is -2.30. The molecule has 3 N–H and O–H groups in total. The van der Waals surface area contributed by atoms with Gasteiger partial charge in [-0.25, -0.2) is 9.97 Å². The molecule has 0 atom stereocenters. The molecule has 2 aromatic heterocycles. The average molecular weight is 237 g/mol. The molecule has 10 heteroatoms. The van der Waals surface area contributed by atoms with Crippen molar-refractivity contribution < 1.29 is 4.92 Å². The van der Waals surface area contributed by atoms with Gasteiger partial charge in [-0.15, -0.1) is 0 Å². The molecule has 0 aliphatic heterocycles. The highest BCUT2D eigenvalue weighted by Gasteiger charge is 2.05. The van der Waals surface area contributed by atoms with Crippen molar-refractivity contribution in [2.75, 3.05) is 12.1 Å². The van der Waals surface area contributed by atoms with Crippen LogP contribution < -0.4 is 16.4 Å². The molecule has 2 aromatic rings. The van der Waals surface area contributed by atoms with Crippen LogP contribution in [0.2, 0.25) is 0 Å². The molecule has 2 heterocycles. The lowest BCUT2D eigenvalue weighted by atomic mass is 10.5. The van der Waals surface area contributed by atoms with Crippen LogP contribution in [0.25, 0.3) is 11.2 Å². The molecule has 0 aliphatic rings. The number of aromatic nitrogens is 4. The summed E-state index contributed by atoms with van der Waals surface area (Å²) >= 11 is 0. The number of fused-ring (bicyclic) bond motifs is 1. The van der Waals surface area contributed by atoms with Crippen molar-refractivity contribution in [1.29, 1.82) is 0 Å². The van der Waals surface area contributed by atoms with E-state index >= 15 is 0 Å². The second-order valence-electron chi connectivity index (χ2n) is 2.94. The summed E-state index contributed by atoms with van der Waals surface area (Å²) in [5.41, 5.74) is 4.43. The van der Waals surface area contributed by atoms with E-state index in [1.807, 2.05) is 0 Å². The molecule has 0 amide bonds. The minimum Gasteiger partial charge on any atom is -0.290 e. The molecule has 0 unspecified atom stereocenters. The van der Waals surface area contributed by atoms with Crippen LogP contribution in [0.3, 0.4) is 0 Å². The topological polar surface area (TPSA) is 139 Å². The number of nitrogens with zero attached hydrogens (tertiary/aromatic N) is 4. The van der Waals surface area contributed by atoms with E-state index in [0.29, 0.717) is 0 Å². The maximum atomic E-state index is 11.5. The zero-order valence-electron chi connectivity index (χ0n) is 8.38. The normalized spacial score (nSPS) is 10.4. The van der Waals surface area contributed by atoms with E-state index in [1.165, 1.54) is 12.4 Å². The Morgan fingerprint density at radius 1 is 1.41 bits per heavy atom. The van der Waals surface area contributed by atoms with E-state index in [0.717, 1.165) is 0 Å². The second kappa shape index (κ2) is 4.49. The van der Waals surface area contributed by atoms with Crippen LogP contribution >= 0.6 is 0 Å². The van der Waals surface area contributed by atoms with Gasteiger partial charge in [0.2, 0.25) is 5.95 Å². The van der Waals surface area contributed by atoms with Crippen LogP contribution in [0.1, 0.15) is 0 Å². The van der Waals surface area contributed by atoms with Gasteiger partial charge in [-0.05, 0) is 0 Å². The van der Waals surface area contributed by atoms with Gasteiger partial charge in [0.25, 0.3) is 12.2 Å². The van der Waals surface area contributed by atoms with Gasteiger partial charge in [0, 0.05) is 17.3 Å². The predicted octanol–water partition coefficient (Wildman–Crippen LogP) is -1.14. The van der Waals surface area contributed by atoms with Gasteiger partial charge < -0.3 is 0 Å². The van der Waals surface area contributed by atoms with Crippen LogP contribution in [0.4, 0.5) is 5.95 Å². The third-order valence-electron chi connectivity index (χ3n) is 1.76. The Morgan fingerprint density at radius 3 is 2.94 bits per heavy atom. The van der Waals surface area contributed by atoms with E-state index in [-0.39, 0.29) is 17.1 Å². The third kappa shape index (κ3) is 2.49. The number of nitrogens with one attached hydrogen (secondary N) is 3. The highest BCUT2D eigenvalue weighted by atomic mass is 16.6. The summed E-state index contributed by atoms with van der Waals surface area (Å²) in [5.74, 6) is 0.0323. The Hall–Kier alpha value is -2.62. The van der Waals surface area contributed by atoms with Crippen molar-refractivity contribution >= 4 is 17.1 Å². The summed E-state index contributed by atoms with van der Waals surface area (Å²) in [6, 6.07) is 0. The standard InChI is InChI=1S/C7H7N7O3/c15-6-4-5(9-2-1-8-4)11-7(12-6)13-10-3-14(16)17/h1-2,10H,3H2,(H2,9,11,12,13,15). The Labute approximate surface area is 93.2 Å². The smallest absolute Gasteiger partial charge is 0.280 e. The van der Waals surface area contributed by atoms with Gasteiger partial charge >= 0.3 is 0 Å². The number of rotatable bonds is 4. The fourth-order valence-corrected chi connectivity index (χ4v) is 1.12. The number of aromatic amines is 1.